The van der Waals surface area contributed by atoms with E-state index in [2.05, 4.69) is 53.2 Å². The predicted molar refractivity (Wildman–Crippen MR) is 73.3 cm³/mol. The molecule has 0 bridgehead atoms. The molecule has 19 heavy (non-hydrogen) atoms. The summed E-state index contributed by atoms with van der Waals surface area (Å²) in [6.07, 6.45) is 0. The number of aromatic nitrogens is 2. The molecule has 0 aliphatic carbocycles. The van der Waals surface area contributed by atoms with Crippen LogP contribution in [0, 0.1) is 6.92 Å². The number of hydrogen-bond acceptors (Lipinski definition) is 5. The Morgan fingerprint density at radius 2 is 2.00 bits per heavy atom. The van der Waals surface area contributed by atoms with Crippen LogP contribution in [0.2, 0.25) is 0 Å². The van der Waals surface area contributed by atoms with Gasteiger partial charge < -0.3 is 10.3 Å². The van der Waals surface area contributed by atoms with Crippen molar-refractivity contribution in [3.63, 3.8) is 0 Å². The van der Waals surface area contributed by atoms with E-state index in [1.807, 2.05) is 7.05 Å². The number of nitrogens with two attached hydrogens (primary N) is 1. The SMILES string of the molecule is Cc1ccc(C(C)N(C)Cc2noc(CN)n2)cc1. The van der Waals surface area contributed by atoms with Gasteiger partial charge in [0.15, 0.2) is 5.82 Å². The Labute approximate surface area is 113 Å². The molecule has 1 aromatic carbocycles. The number of nitrogens with zero attached hydrogens (tertiary/aromatic N) is 3. The number of hydrogen-bond donors (Lipinski definition) is 1. The molecule has 2 aromatic rings. The molecular weight excluding hydrogens is 240 g/mol. The summed E-state index contributed by atoms with van der Waals surface area (Å²) in [6.45, 7) is 5.17. The standard InChI is InChI=1S/C14H20N4O/c1-10-4-6-12(7-5-10)11(2)18(3)9-13-16-14(8-15)19-17-13/h4-7,11H,8-9,15H2,1-3H3. The minimum atomic E-state index is 0.282. The van der Waals surface area contributed by atoms with Crippen molar-refractivity contribution in [2.45, 2.75) is 33.0 Å². The summed E-state index contributed by atoms with van der Waals surface area (Å²) >= 11 is 0. The lowest BCUT2D eigenvalue weighted by molar-refractivity contribution is 0.242. The molecule has 1 unspecified atom stereocenters. The number of aryl methyl sites for hydroxylation is 1. The summed E-state index contributed by atoms with van der Waals surface area (Å²) in [7, 11) is 2.04. The second kappa shape index (κ2) is 5.95. The molecule has 1 aromatic heterocycles. The zero-order valence-corrected chi connectivity index (χ0v) is 11.6. The van der Waals surface area contributed by atoms with E-state index in [-0.39, 0.29) is 6.54 Å². The normalized spacial score (nSPS) is 12.9. The average Bonchev–Trinajstić information content (AvgIpc) is 2.86. The number of benzene rings is 1. The predicted octanol–water partition coefficient (Wildman–Crippen LogP) is 2.03. The van der Waals surface area contributed by atoms with E-state index in [0.717, 1.165) is 0 Å². The second-order valence-corrected chi connectivity index (χ2v) is 4.81. The van der Waals surface area contributed by atoms with Gasteiger partial charge in [-0.1, -0.05) is 35.0 Å². The van der Waals surface area contributed by atoms with Gasteiger partial charge in [-0.05, 0) is 26.5 Å². The lowest BCUT2D eigenvalue weighted by Gasteiger charge is -2.23. The fourth-order valence-electron chi connectivity index (χ4n) is 1.90. The first-order chi connectivity index (χ1) is 9.10. The molecule has 0 fully saturated rings. The van der Waals surface area contributed by atoms with Gasteiger partial charge in [-0.2, -0.15) is 4.98 Å². The largest absolute Gasteiger partial charge is 0.338 e. The molecule has 1 atom stereocenters. The maximum absolute atomic E-state index is 5.45. The third-order valence-electron chi connectivity index (χ3n) is 3.30. The maximum atomic E-state index is 5.45. The average molecular weight is 260 g/mol. The molecule has 0 saturated carbocycles. The van der Waals surface area contributed by atoms with Crippen LogP contribution < -0.4 is 5.73 Å². The van der Waals surface area contributed by atoms with Crippen molar-refractivity contribution in [2.75, 3.05) is 7.05 Å². The smallest absolute Gasteiger partial charge is 0.240 e. The molecule has 0 radical (unpaired) electrons. The van der Waals surface area contributed by atoms with Gasteiger partial charge in [0.25, 0.3) is 0 Å². The summed E-state index contributed by atoms with van der Waals surface area (Å²) in [5.74, 6) is 1.15. The van der Waals surface area contributed by atoms with E-state index < -0.39 is 0 Å². The summed E-state index contributed by atoms with van der Waals surface area (Å²) in [5.41, 5.74) is 7.99. The van der Waals surface area contributed by atoms with E-state index in [1.165, 1.54) is 11.1 Å². The van der Waals surface area contributed by atoms with E-state index in [9.17, 15) is 0 Å². The van der Waals surface area contributed by atoms with Gasteiger partial charge in [-0.3, -0.25) is 4.90 Å². The molecule has 0 amide bonds. The van der Waals surface area contributed by atoms with Crippen molar-refractivity contribution < 1.29 is 4.52 Å². The van der Waals surface area contributed by atoms with Crippen molar-refractivity contribution in [1.29, 1.82) is 0 Å². The highest BCUT2D eigenvalue weighted by molar-refractivity contribution is 5.23. The zero-order valence-electron chi connectivity index (χ0n) is 11.6. The fourth-order valence-corrected chi connectivity index (χ4v) is 1.90. The van der Waals surface area contributed by atoms with Gasteiger partial charge in [-0.25, -0.2) is 0 Å². The molecular formula is C14H20N4O. The molecule has 0 aliphatic heterocycles. The fraction of sp³-hybridized carbons (Fsp3) is 0.429. The van der Waals surface area contributed by atoms with Crippen LogP contribution >= 0.6 is 0 Å². The minimum absolute atomic E-state index is 0.282. The molecule has 102 valence electrons. The van der Waals surface area contributed by atoms with Gasteiger partial charge in [0.1, 0.15) is 0 Å². The van der Waals surface area contributed by atoms with Crippen molar-refractivity contribution in [3.05, 3.63) is 47.1 Å². The van der Waals surface area contributed by atoms with E-state index in [0.29, 0.717) is 24.3 Å². The van der Waals surface area contributed by atoms with E-state index in [4.69, 9.17) is 10.3 Å². The summed E-state index contributed by atoms with van der Waals surface area (Å²) in [4.78, 5) is 6.39. The Bertz CT molecular complexity index is 520. The van der Waals surface area contributed by atoms with Crippen LogP contribution in [0.4, 0.5) is 0 Å². The summed E-state index contributed by atoms with van der Waals surface area (Å²) < 4.78 is 5.00. The first-order valence-corrected chi connectivity index (χ1v) is 6.38. The summed E-state index contributed by atoms with van der Waals surface area (Å²) in [6, 6.07) is 8.84. The molecule has 0 spiro atoms. The molecule has 5 heteroatoms. The van der Waals surface area contributed by atoms with Gasteiger partial charge in [0.05, 0.1) is 13.1 Å². The highest BCUT2D eigenvalue weighted by atomic mass is 16.5. The van der Waals surface area contributed by atoms with Crippen molar-refractivity contribution in [1.82, 2.24) is 15.0 Å². The Balaban J connectivity index is 2.02. The third kappa shape index (κ3) is 3.39. The first kappa shape index (κ1) is 13.7. The monoisotopic (exact) mass is 260 g/mol. The first-order valence-electron chi connectivity index (χ1n) is 6.38. The Kier molecular flexibility index (Phi) is 4.29. The topological polar surface area (TPSA) is 68.2 Å². The van der Waals surface area contributed by atoms with Crippen LogP contribution in [-0.2, 0) is 13.1 Å². The highest BCUT2D eigenvalue weighted by Gasteiger charge is 2.14. The van der Waals surface area contributed by atoms with Crippen molar-refractivity contribution in [3.8, 4) is 0 Å². The molecule has 5 nitrogen and oxygen atoms in total. The minimum Gasteiger partial charge on any atom is -0.338 e. The third-order valence-corrected chi connectivity index (χ3v) is 3.30. The molecule has 2 rings (SSSR count). The van der Waals surface area contributed by atoms with Crippen LogP contribution in [0.3, 0.4) is 0 Å². The Morgan fingerprint density at radius 3 is 2.58 bits per heavy atom. The number of rotatable bonds is 5. The van der Waals surface area contributed by atoms with Gasteiger partial charge in [-0.15, -0.1) is 0 Å². The van der Waals surface area contributed by atoms with Crippen molar-refractivity contribution >= 4 is 0 Å². The van der Waals surface area contributed by atoms with Gasteiger partial charge in [0.2, 0.25) is 5.89 Å². The maximum Gasteiger partial charge on any atom is 0.240 e. The zero-order chi connectivity index (χ0) is 13.8. The molecule has 0 aliphatic rings. The highest BCUT2D eigenvalue weighted by Crippen LogP contribution is 2.20. The second-order valence-electron chi connectivity index (χ2n) is 4.81. The molecule has 2 N–H and O–H groups in total. The van der Waals surface area contributed by atoms with Crippen LogP contribution in [0.1, 0.15) is 35.8 Å². The van der Waals surface area contributed by atoms with Gasteiger partial charge >= 0.3 is 0 Å². The van der Waals surface area contributed by atoms with Crippen LogP contribution in [0.15, 0.2) is 28.8 Å². The van der Waals surface area contributed by atoms with Crippen LogP contribution in [0.25, 0.3) is 0 Å². The van der Waals surface area contributed by atoms with Crippen LogP contribution in [0.5, 0.6) is 0 Å². The van der Waals surface area contributed by atoms with Crippen LogP contribution in [-0.4, -0.2) is 22.1 Å². The van der Waals surface area contributed by atoms with E-state index >= 15 is 0 Å². The van der Waals surface area contributed by atoms with E-state index in [1.54, 1.807) is 0 Å². The Morgan fingerprint density at radius 1 is 1.32 bits per heavy atom. The lowest BCUT2D eigenvalue weighted by atomic mass is 10.1. The van der Waals surface area contributed by atoms with Crippen molar-refractivity contribution in [2.24, 2.45) is 5.73 Å². The molecule has 1 heterocycles. The van der Waals surface area contributed by atoms with Gasteiger partial charge in [0, 0.05) is 6.04 Å². The lowest BCUT2D eigenvalue weighted by Crippen LogP contribution is -2.22. The quantitative estimate of drug-likeness (QED) is 0.891. The summed E-state index contributed by atoms with van der Waals surface area (Å²) in [5, 5.41) is 3.91. The Hall–Kier alpha value is -1.72. The molecule has 0 saturated heterocycles.